The number of benzene rings is 1. The Morgan fingerprint density at radius 2 is 1.94 bits per heavy atom. The largest absolute Gasteiger partial charge is 0.377 e. The number of anilines is 1. The van der Waals surface area contributed by atoms with Crippen LogP contribution in [0.5, 0.6) is 0 Å². The average molecular weight is 241 g/mol. The monoisotopic (exact) mass is 241 g/mol. The van der Waals surface area contributed by atoms with Crippen LogP contribution in [-0.4, -0.2) is 4.98 Å². The molecule has 90 valence electrons. The van der Waals surface area contributed by atoms with E-state index in [0.717, 1.165) is 11.4 Å². The second-order valence-corrected chi connectivity index (χ2v) is 3.96. The maximum atomic E-state index is 12.7. The highest BCUT2D eigenvalue weighted by molar-refractivity contribution is 5.48. The number of hydrogen-bond acceptors (Lipinski definition) is 3. The number of halogens is 1. The zero-order valence-corrected chi connectivity index (χ0v) is 9.89. The molecule has 1 unspecified atom stereocenters. The van der Waals surface area contributed by atoms with Crippen LogP contribution in [-0.2, 0) is 0 Å². The molecule has 18 heavy (non-hydrogen) atoms. The molecule has 0 radical (unpaired) electrons. The second kappa shape index (κ2) is 5.28. The number of pyridine rings is 1. The predicted molar refractivity (Wildman–Crippen MR) is 67.4 cm³/mol. The van der Waals surface area contributed by atoms with Crippen molar-refractivity contribution >= 4 is 5.69 Å². The van der Waals surface area contributed by atoms with Gasteiger partial charge in [-0.25, -0.2) is 4.39 Å². The Labute approximate surface area is 105 Å². The van der Waals surface area contributed by atoms with Gasteiger partial charge in [-0.15, -0.1) is 0 Å². The molecule has 0 fully saturated rings. The molecule has 3 nitrogen and oxygen atoms in total. The van der Waals surface area contributed by atoms with Crippen molar-refractivity contribution in [3.8, 4) is 6.07 Å². The van der Waals surface area contributed by atoms with Crippen molar-refractivity contribution in [2.24, 2.45) is 0 Å². The molecule has 1 atom stereocenters. The topological polar surface area (TPSA) is 48.7 Å². The van der Waals surface area contributed by atoms with E-state index in [9.17, 15) is 4.39 Å². The summed E-state index contributed by atoms with van der Waals surface area (Å²) in [5.41, 5.74) is 2.28. The van der Waals surface area contributed by atoms with Crippen LogP contribution in [0.3, 0.4) is 0 Å². The highest BCUT2D eigenvalue weighted by Crippen LogP contribution is 2.17. The quantitative estimate of drug-likeness (QED) is 0.897. The summed E-state index contributed by atoms with van der Waals surface area (Å²) in [6, 6.07) is 12.2. The summed E-state index contributed by atoms with van der Waals surface area (Å²) in [6.07, 6.45) is 1.20. The highest BCUT2D eigenvalue weighted by Gasteiger charge is 2.06. The second-order valence-electron chi connectivity index (χ2n) is 3.96. The summed E-state index contributed by atoms with van der Waals surface area (Å²) < 4.78 is 12.7. The Balaban J connectivity index is 2.08. The van der Waals surface area contributed by atoms with Gasteiger partial charge < -0.3 is 5.32 Å². The minimum absolute atomic E-state index is 0.0291. The first-order valence-electron chi connectivity index (χ1n) is 5.57. The molecule has 1 N–H and O–H groups in total. The maximum absolute atomic E-state index is 12.7. The van der Waals surface area contributed by atoms with Gasteiger partial charge >= 0.3 is 0 Å². The third-order valence-corrected chi connectivity index (χ3v) is 2.59. The van der Waals surface area contributed by atoms with Crippen LogP contribution in [0.2, 0.25) is 0 Å². The third-order valence-electron chi connectivity index (χ3n) is 2.59. The Hall–Kier alpha value is -2.41. The van der Waals surface area contributed by atoms with Gasteiger partial charge in [0.05, 0.1) is 29.6 Å². The van der Waals surface area contributed by atoms with Gasteiger partial charge in [0.25, 0.3) is 0 Å². The van der Waals surface area contributed by atoms with Crippen molar-refractivity contribution in [1.29, 1.82) is 5.26 Å². The molecule has 0 bridgehead atoms. The first-order valence-corrected chi connectivity index (χ1v) is 5.57. The molecule has 1 aromatic carbocycles. The molecule has 0 aliphatic rings. The Morgan fingerprint density at radius 3 is 2.50 bits per heavy atom. The third kappa shape index (κ3) is 2.83. The minimum atomic E-state index is -0.343. The SMILES string of the molecule is CC(Nc1ccc(C#N)cc1)c1ccc(F)cn1. The normalized spacial score (nSPS) is 11.6. The smallest absolute Gasteiger partial charge is 0.141 e. The summed E-state index contributed by atoms with van der Waals surface area (Å²) in [7, 11) is 0. The first-order chi connectivity index (χ1) is 8.69. The summed E-state index contributed by atoms with van der Waals surface area (Å²) in [5, 5.41) is 11.9. The molecule has 0 saturated carbocycles. The number of aromatic nitrogens is 1. The summed E-state index contributed by atoms with van der Waals surface area (Å²) in [5.74, 6) is -0.343. The molecule has 4 heteroatoms. The van der Waals surface area contributed by atoms with Crippen LogP contribution >= 0.6 is 0 Å². The number of nitriles is 1. The van der Waals surface area contributed by atoms with E-state index in [1.54, 1.807) is 18.2 Å². The van der Waals surface area contributed by atoms with E-state index < -0.39 is 0 Å². The lowest BCUT2D eigenvalue weighted by Gasteiger charge is -2.14. The molecular formula is C14H12FN3. The Kier molecular flexibility index (Phi) is 3.54. The first kappa shape index (κ1) is 12.1. The molecule has 0 aliphatic carbocycles. The van der Waals surface area contributed by atoms with Gasteiger partial charge in [0, 0.05) is 5.69 Å². The lowest BCUT2D eigenvalue weighted by molar-refractivity contribution is 0.617. The van der Waals surface area contributed by atoms with Crippen molar-refractivity contribution in [1.82, 2.24) is 4.98 Å². The molecule has 0 aliphatic heterocycles. The molecule has 2 aromatic rings. The van der Waals surface area contributed by atoms with Crippen LogP contribution in [0, 0.1) is 17.1 Å². The van der Waals surface area contributed by atoms with Gasteiger partial charge in [0.1, 0.15) is 5.82 Å². The Bertz CT molecular complexity index is 555. The Morgan fingerprint density at radius 1 is 1.22 bits per heavy atom. The fourth-order valence-electron chi connectivity index (χ4n) is 1.61. The molecular weight excluding hydrogens is 229 g/mol. The molecule has 1 heterocycles. The van der Waals surface area contributed by atoms with Crippen LogP contribution in [0.4, 0.5) is 10.1 Å². The lowest BCUT2D eigenvalue weighted by atomic mass is 10.2. The van der Waals surface area contributed by atoms with Crippen LogP contribution < -0.4 is 5.32 Å². The van der Waals surface area contributed by atoms with Gasteiger partial charge in [0.2, 0.25) is 0 Å². The minimum Gasteiger partial charge on any atom is -0.377 e. The van der Waals surface area contributed by atoms with Gasteiger partial charge in [-0.3, -0.25) is 4.98 Å². The predicted octanol–water partition coefficient (Wildman–Crippen LogP) is 3.27. The van der Waals surface area contributed by atoms with Gasteiger partial charge in [-0.05, 0) is 43.3 Å². The molecule has 2 rings (SSSR count). The van der Waals surface area contributed by atoms with Crippen LogP contribution in [0.1, 0.15) is 24.2 Å². The zero-order valence-electron chi connectivity index (χ0n) is 9.89. The number of nitrogens with zero attached hydrogens (tertiary/aromatic N) is 2. The van der Waals surface area contributed by atoms with Crippen molar-refractivity contribution < 1.29 is 4.39 Å². The number of rotatable bonds is 3. The van der Waals surface area contributed by atoms with Gasteiger partial charge in [0.15, 0.2) is 0 Å². The van der Waals surface area contributed by atoms with Crippen LogP contribution in [0.15, 0.2) is 42.6 Å². The van der Waals surface area contributed by atoms with Crippen molar-refractivity contribution in [2.75, 3.05) is 5.32 Å². The van der Waals surface area contributed by atoms with E-state index in [4.69, 9.17) is 5.26 Å². The highest BCUT2D eigenvalue weighted by atomic mass is 19.1. The number of nitrogens with one attached hydrogen (secondary N) is 1. The van der Waals surface area contributed by atoms with E-state index in [-0.39, 0.29) is 11.9 Å². The van der Waals surface area contributed by atoms with Gasteiger partial charge in [-0.2, -0.15) is 5.26 Å². The zero-order chi connectivity index (χ0) is 13.0. The molecule has 1 aromatic heterocycles. The number of hydrogen-bond donors (Lipinski definition) is 1. The van der Waals surface area contributed by atoms with E-state index in [1.807, 2.05) is 19.1 Å². The van der Waals surface area contributed by atoms with Crippen molar-refractivity contribution in [3.05, 3.63) is 59.7 Å². The fourth-order valence-corrected chi connectivity index (χ4v) is 1.61. The molecule has 0 amide bonds. The van der Waals surface area contributed by atoms with Gasteiger partial charge in [-0.1, -0.05) is 0 Å². The maximum Gasteiger partial charge on any atom is 0.141 e. The fraction of sp³-hybridized carbons (Fsp3) is 0.143. The van der Waals surface area contributed by atoms with E-state index in [2.05, 4.69) is 16.4 Å². The molecule has 0 spiro atoms. The van der Waals surface area contributed by atoms with E-state index in [1.165, 1.54) is 12.3 Å². The summed E-state index contributed by atoms with van der Waals surface area (Å²) in [6.45, 7) is 1.94. The molecule has 0 saturated heterocycles. The standard InChI is InChI=1S/C14H12FN3/c1-10(14-7-4-12(15)9-17-14)18-13-5-2-11(8-16)3-6-13/h2-7,9-10,18H,1H3. The average Bonchev–Trinajstić information content (AvgIpc) is 2.40. The van der Waals surface area contributed by atoms with Crippen molar-refractivity contribution in [2.45, 2.75) is 13.0 Å². The van der Waals surface area contributed by atoms with E-state index in [0.29, 0.717) is 5.56 Å². The summed E-state index contributed by atoms with van der Waals surface area (Å²) in [4.78, 5) is 4.02. The summed E-state index contributed by atoms with van der Waals surface area (Å²) >= 11 is 0. The van der Waals surface area contributed by atoms with E-state index >= 15 is 0 Å². The van der Waals surface area contributed by atoms with Crippen LogP contribution in [0.25, 0.3) is 0 Å². The lowest BCUT2D eigenvalue weighted by Crippen LogP contribution is -2.08. The van der Waals surface area contributed by atoms with Crippen molar-refractivity contribution in [3.63, 3.8) is 0 Å².